The maximum Gasteiger partial charge on any atom is 0.338 e. The summed E-state index contributed by atoms with van der Waals surface area (Å²) in [6.07, 6.45) is 4.06. The second-order valence-electron chi connectivity index (χ2n) is 6.51. The Morgan fingerprint density at radius 1 is 1.24 bits per heavy atom. The quantitative estimate of drug-likeness (QED) is 0.618. The SMILES string of the molecule is CC1CCC(C(C)C)C(OC(=O)c2ccc(C=O)cc2)C1. The van der Waals surface area contributed by atoms with Gasteiger partial charge in [0.25, 0.3) is 0 Å². The van der Waals surface area contributed by atoms with E-state index in [4.69, 9.17) is 4.74 Å². The fourth-order valence-electron chi connectivity index (χ4n) is 3.15. The van der Waals surface area contributed by atoms with Crippen molar-refractivity contribution in [2.75, 3.05) is 0 Å². The zero-order chi connectivity index (χ0) is 15.4. The lowest BCUT2D eigenvalue weighted by atomic mass is 9.75. The van der Waals surface area contributed by atoms with Gasteiger partial charge in [0.2, 0.25) is 0 Å². The lowest BCUT2D eigenvalue weighted by molar-refractivity contribution is -0.0174. The van der Waals surface area contributed by atoms with Crippen LogP contribution in [0, 0.1) is 17.8 Å². The van der Waals surface area contributed by atoms with Crippen LogP contribution < -0.4 is 0 Å². The molecule has 2 rings (SSSR count). The van der Waals surface area contributed by atoms with Gasteiger partial charge in [-0.15, -0.1) is 0 Å². The zero-order valence-electron chi connectivity index (χ0n) is 13.0. The third kappa shape index (κ3) is 3.93. The average molecular weight is 288 g/mol. The molecule has 1 aromatic rings. The minimum Gasteiger partial charge on any atom is -0.458 e. The van der Waals surface area contributed by atoms with Gasteiger partial charge >= 0.3 is 5.97 Å². The topological polar surface area (TPSA) is 43.4 Å². The number of esters is 1. The first-order chi connectivity index (χ1) is 10.0. The van der Waals surface area contributed by atoms with Crippen molar-refractivity contribution >= 4 is 12.3 Å². The van der Waals surface area contributed by atoms with Crippen LogP contribution >= 0.6 is 0 Å². The van der Waals surface area contributed by atoms with Crippen LogP contribution in [0.3, 0.4) is 0 Å². The number of carbonyl (C=O) groups is 2. The van der Waals surface area contributed by atoms with E-state index in [1.54, 1.807) is 24.3 Å². The Labute approximate surface area is 126 Å². The molecular weight excluding hydrogens is 264 g/mol. The van der Waals surface area contributed by atoms with Crippen molar-refractivity contribution in [3.8, 4) is 0 Å². The highest BCUT2D eigenvalue weighted by molar-refractivity contribution is 5.90. The second kappa shape index (κ2) is 6.88. The smallest absolute Gasteiger partial charge is 0.338 e. The third-order valence-electron chi connectivity index (χ3n) is 4.50. The van der Waals surface area contributed by atoms with Gasteiger partial charge in [0.1, 0.15) is 12.4 Å². The van der Waals surface area contributed by atoms with E-state index < -0.39 is 0 Å². The highest BCUT2D eigenvalue weighted by atomic mass is 16.5. The molecule has 0 heterocycles. The summed E-state index contributed by atoms with van der Waals surface area (Å²) in [6, 6.07) is 6.60. The van der Waals surface area contributed by atoms with E-state index in [1.807, 2.05) is 0 Å². The molecule has 0 radical (unpaired) electrons. The first-order valence-electron chi connectivity index (χ1n) is 7.77. The van der Waals surface area contributed by atoms with E-state index >= 15 is 0 Å². The summed E-state index contributed by atoms with van der Waals surface area (Å²) in [5.74, 6) is 1.29. The van der Waals surface area contributed by atoms with E-state index in [0.717, 1.165) is 19.1 Å². The minimum atomic E-state index is -0.280. The Morgan fingerprint density at radius 3 is 2.48 bits per heavy atom. The molecule has 3 unspecified atom stereocenters. The summed E-state index contributed by atoms with van der Waals surface area (Å²) in [7, 11) is 0. The van der Waals surface area contributed by atoms with Crippen LogP contribution in [0.2, 0.25) is 0 Å². The third-order valence-corrected chi connectivity index (χ3v) is 4.50. The lowest BCUT2D eigenvalue weighted by Gasteiger charge is -2.36. The van der Waals surface area contributed by atoms with Crippen molar-refractivity contribution in [3.63, 3.8) is 0 Å². The molecule has 3 atom stereocenters. The van der Waals surface area contributed by atoms with Gasteiger partial charge in [-0.2, -0.15) is 0 Å². The van der Waals surface area contributed by atoms with Crippen molar-refractivity contribution in [2.24, 2.45) is 17.8 Å². The Morgan fingerprint density at radius 2 is 1.90 bits per heavy atom. The molecule has 1 aromatic carbocycles. The van der Waals surface area contributed by atoms with Crippen LogP contribution in [0.1, 0.15) is 60.7 Å². The number of carbonyl (C=O) groups excluding carboxylic acids is 2. The van der Waals surface area contributed by atoms with Gasteiger partial charge in [-0.05, 0) is 42.7 Å². The van der Waals surface area contributed by atoms with Gasteiger partial charge in [0.05, 0.1) is 5.56 Å². The largest absolute Gasteiger partial charge is 0.458 e. The van der Waals surface area contributed by atoms with Crippen LogP contribution in [0.15, 0.2) is 24.3 Å². The van der Waals surface area contributed by atoms with Gasteiger partial charge in [-0.3, -0.25) is 4.79 Å². The summed E-state index contributed by atoms with van der Waals surface area (Å²) in [4.78, 5) is 22.9. The average Bonchev–Trinajstić information content (AvgIpc) is 2.47. The Kier molecular flexibility index (Phi) is 5.16. The highest BCUT2D eigenvalue weighted by Crippen LogP contribution is 2.35. The summed E-state index contributed by atoms with van der Waals surface area (Å²) in [5.41, 5.74) is 1.08. The molecule has 1 fully saturated rings. The fourth-order valence-corrected chi connectivity index (χ4v) is 3.15. The first kappa shape index (κ1) is 15.7. The zero-order valence-corrected chi connectivity index (χ0v) is 13.0. The van der Waals surface area contributed by atoms with Gasteiger partial charge in [-0.25, -0.2) is 4.79 Å². The second-order valence-corrected chi connectivity index (χ2v) is 6.51. The van der Waals surface area contributed by atoms with Crippen LogP contribution in [0.4, 0.5) is 0 Å². The van der Waals surface area contributed by atoms with E-state index in [-0.39, 0.29) is 12.1 Å². The number of aldehydes is 1. The van der Waals surface area contributed by atoms with Crippen LogP contribution in [0.5, 0.6) is 0 Å². The normalized spacial score (nSPS) is 25.6. The molecule has 0 spiro atoms. The van der Waals surface area contributed by atoms with Gasteiger partial charge in [0, 0.05) is 5.56 Å². The van der Waals surface area contributed by atoms with Crippen molar-refractivity contribution in [1.29, 1.82) is 0 Å². The van der Waals surface area contributed by atoms with E-state index in [9.17, 15) is 9.59 Å². The molecular formula is C18H24O3. The summed E-state index contributed by atoms with van der Waals surface area (Å²) >= 11 is 0. The number of hydrogen-bond donors (Lipinski definition) is 0. The molecule has 0 aromatic heterocycles. The number of benzene rings is 1. The van der Waals surface area contributed by atoms with E-state index in [0.29, 0.717) is 28.9 Å². The van der Waals surface area contributed by atoms with E-state index in [2.05, 4.69) is 20.8 Å². The van der Waals surface area contributed by atoms with Crippen LogP contribution in [0.25, 0.3) is 0 Å². The van der Waals surface area contributed by atoms with Crippen molar-refractivity contribution in [1.82, 2.24) is 0 Å². The minimum absolute atomic E-state index is 0.00648. The predicted octanol–water partition coefficient (Wildman–Crippen LogP) is 4.12. The molecule has 1 aliphatic carbocycles. The van der Waals surface area contributed by atoms with Gasteiger partial charge in [-0.1, -0.05) is 39.3 Å². The molecule has 0 amide bonds. The molecule has 3 nitrogen and oxygen atoms in total. The van der Waals surface area contributed by atoms with Crippen molar-refractivity contribution < 1.29 is 14.3 Å². The summed E-state index contributed by atoms with van der Waals surface area (Å²) in [6.45, 7) is 6.61. The first-order valence-corrected chi connectivity index (χ1v) is 7.77. The molecule has 1 saturated carbocycles. The number of hydrogen-bond acceptors (Lipinski definition) is 3. The lowest BCUT2D eigenvalue weighted by Crippen LogP contribution is -2.35. The fraction of sp³-hybridized carbons (Fsp3) is 0.556. The van der Waals surface area contributed by atoms with Crippen LogP contribution in [-0.4, -0.2) is 18.4 Å². The number of rotatable bonds is 4. The molecule has 3 heteroatoms. The molecule has 0 aliphatic heterocycles. The van der Waals surface area contributed by atoms with Crippen molar-refractivity contribution in [3.05, 3.63) is 35.4 Å². The Balaban J connectivity index is 2.06. The monoisotopic (exact) mass is 288 g/mol. The molecule has 21 heavy (non-hydrogen) atoms. The highest BCUT2D eigenvalue weighted by Gasteiger charge is 2.33. The summed E-state index contributed by atoms with van der Waals surface area (Å²) < 4.78 is 5.77. The van der Waals surface area contributed by atoms with Crippen LogP contribution in [-0.2, 0) is 4.74 Å². The molecule has 0 N–H and O–H groups in total. The molecule has 0 bridgehead atoms. The predicted molar refractivity (Wildman–Crippen MR) is 82.4 cm³/mol. The van der Waals surface area contributed by atoms with E-state index in [1.165, 1.54) is 6.42 Å². The van der Waals surface area contributed by atoms with Crippen molar-refractivity contribution in [2.45, 2.75) is 46.1 Å². The Bertz CT molecular complexity index is 490. The standard InChI is InChI=1S/C18H24O3/c1-12(2)16-9-4-13(3)10-17(16)21-18(20)15-7-5-14(11-19)6-8-15/h5-8,11-13,16-17H,4,9-10H2,1-3H3. The van der Waals surface area contributed by atoms with Gasteiger partial charge in [0.15, 0.2) is 0 Å². The maximum atomic E-state index is 12.3. The molecule has 114 valence electrons. The molecule has 0 saturated heterocycles. The van der Waals surface area contributed by atoms with Gasteiger partial charge < -0.3 is 4.74 Å². The summed E-state index contributed by atoms with van der Waals surface area (Å²) in [5, 5.41) is 0. The molecule has 1 aliphatic rings. The number of ether oxygens (including phenoxy) is 1. The maximum absolute atomic E-state index is 12.3. The Hall–Kier alpha value is -1.64.